The van der Waals surface area contributed by atoms with Crippen LogP contribution in [-0.2, 0) is 9.47 Å². The Hall–Kier alpha value is -1.04. The van der Waals surface area contributed by atoms with Gasteiger partial charge in [-0.3, -0.25) is 0 Å². The Balaban J connectivity index is 1.76. The van der Waals surface area contributed by atoms with Crippen molar-refractivity contribution < 1.29 is 9.47 Å². The molecule has 0 saturated carbocycles. The maximum Gasteiger partial charge on any atom is 0.0729 e. The molecule has 1 aromatic rings. The van der Waals surface area contributed by atoms with Crippen molar-refractivity contribution in [1.29, 1.82) is 0 Å². The molecule has 5 nitrogen and oxygen atoms in total. The van der Waals surface area contributed by atoms with Crippen molar-refractivity contribution in [3.8, 4) is 0 Å². The number of aromatic nitrogens is 2. The first-order valence-electron chi connectivity index (χ1n) is 8.05. The number of rotatable bonds is 4. The van der Waals surface area contributed by atoms with Gasteiger partial charge in [-0.2, -0.15) is 10.2 Å². The zero-order valence-corrected chi connectivity index (χ0v) is 12.8. The summed E-state index contributed by atoms with van der Waals surface area (Å²) in [6.07, 6.45) is 7.93. The Morgan fingerprint density at radius 3 is 2.90 bits per heavy atom. The molecular formula is C16H25N3O2. The predicted octanol–water partition coefficient (Wildman–Crippen LogP) is 2.10. The Morgan fingerprint density at radius 2 is 2.19 bits per heavy atom. The molecule has 1 N–H and O–H groups in total. The van der Waals surface area contributed by atoms with Crippen LogP contribution >= 0.6 is 0 Å². The summed E-state index contributed by atoms with van der Waals surface area (Å²) in [6, 6.07) is 2.42. The highest BCUT2D eigenvalue weighted by atomic mass is 16.5. The van der Waals surface area contributed by atoms with Gasteiger partial charge in [0.1, 0.15) is 0 Å². The maximum atomic E-state index is 6.17. The van der Waals surface area contributed by atoms with Gasteiger partial charge in [-0.05, 0) is 49.8 Å². The van der Waals surface area contributed by atoms with E-state index in [0.29, 0.717) is 12.0 Å². The molecule has 3 heterocycles. The molecular weight excluding hydrogens is 266 g/mol. The summed E-state index contributed by atoms with van der Waals surface area (Å²) in [5.41, 5.74) is 1.27. The number of hydrogen-bond acceptors (Lipinski definition) is 5. The topological polar surface area (TPSA) is 56.3 Å². The van der Waals surface area contributed by atoms with Crippen molar-refractivity contribution >= 4 is 0 Å². The van der Waals surface area contributed by atoms with Crippen LogP contribution in [0, 0.1) is 5.92 Å². The molecule has 1 aromatic heterocycles. The van der Waals surface area contributed by atoms with Crippen LogP contribution in [0.1, 0.15) is 44.2 Å². The summed E-state index contributed by atoms with van der Waals surface area (Å²) in [5.74, 6) is 0.584. The van der Waals surface area contributed by atoms with Crippen LogP contribution in [0.5, 0.6) is 0 Å². The Morgan fingerprint density at radius 1 is 1.33 bits per heavy atom. The van der Waals surface area contributed by atoms with Gasteiger partial charge >= 0.3 is 0 Å². The molecule has 0 radical (unpaired) electrons. The van der Waals surface area contributed by atoms with E-state index in [4.69, 9.17) is 9.47 Å². The van der Waals surface area contributed by atoms with E-state index in [1.165, 1.54) is 5.56 Å². The highest BCUT2D eigenvalue weighted by molar-refractivity contribution is 5.14. The van der Waals surface area contributed by atoms with Crippen LogP contribution < -0.4 is 5.32 Å². The van der Waals surface area contributed by atoms with Gasteiger partial charge in [0.05, 0.1) is 11.8 Å². The SMILES string of the molecule is CCNC(c1ccnnc1)C1CCOC2(CCOCC2)C1. The number of nitrogens with zero attached hydrogens (tertiary/aromatic N) is 2. The zero-order valence-electron chi connectivity index (χ0n) is 12.8. The van der Waals surface area contributed by atoms with Gasteiger partial charge in [-0.15, -0.1) is 0 Å². The molecule has 2 aliphatic heterocycles. The van der Waals surface area contributed by atoms with Gasteiger partial charge in [-0.25, -0.2) is 0 Å². The van der Waals surface area contributed by atoms with E-state index in [0.717, 1.165) is 52.0 Å². The Bertz CT molecular complexity index is 429. The third kappa shape index (κ3) is 3.42. The monoisotopic (exact) mass is 291 g/mol. The van der Waals surface area contributed by atoms with Crippen molar-refractivity contribution in [2.75, 3.05) is 26.4 Å². The van der Waals surface area contributed by atoms with E-state index < -0.39 is 0 Å². The highest BCUT2D eigenvalue weighted by Gasteiger charge is 2.41. The fourth-order valence-corrected chi connectivity index (χ4v) is 3.70. The molecule has 21 heavy (non-hydrogen) atoms. The summed E-state index contributed by atoms with van der Waals surface area (Å²) < 4.78 is 11.7. The van der Waals surface area contributed by atoms with Crippen LogP contribution in [-0.4, -0.2) is 42.2 Å². The maximum absolute atomic E-state index is 6.17. The molecule has 2 aliphatic rings. The van der Waals surface area contributed by atoms with Crippen molar-refractivity contribution in [2.24, 2.45) is 5.92 Å². The normalized spacial score (nSPS) is 26.6. The summed E-state index contributed by atoms with van der Waals surface area (Å²) >= 11 is 0. The molecule has 5 heteroatoms. The largest absolute Gasteiger partial charge is 0.381 e. The number of ether oxygens (including phenoxy) is 2. The summed E-state index contributed by atoms with van der Waals surface area (Å²) in [5, 5.41) is 11.6. The fraction of sp³-hybridized carbons (Fsp3) is 0.750. The van der Waals surface area contributed by atoms with E-state index in [1.54, 1.807) is 6.20 Å². The predicted molar refractivity (Wildman–Crippen MR) is 79.9 cm³/mol. The molecule has 2 unspecified atom stereocenters. The molecule has 0 aliphatic carbocycles. The standard InChI is InChI=1S/C16H25N3O2/c1-2-17-15(14-3-7-18-19-12-14)13-4-8-21-16(11-13)5-9-20-10-6-16/h3,7,12-13,15,17H,2,4-6,8-11H2,1H3. The van der Waals surface area contributed by atoms with Gasteiger partial charge in [0.25, 0.3) is 0 Å². The van der Waals surface area contributed by atoms with Crippen LogP contribution in [0.2, 0.25) is 0 Å². The van der Waals surface area contributed by atoms with Crippen molar-refractivity contribution in [1.82, 2.24) is 15.5 Å². The van der Waals surface area contributed by atoms with Gasteiger partial charge in [0.2, 0.25) is 0 Å². The van der Waals surface area contributed by atoms with Crippen LogP contribution in [0.25, 0.3) is 0 Å². The molecule has 0 bridgehead atoms. The van der Waals surface area contributed by atoms with E-state index >= 15 is 0 Å². The van der Waals surface area contributed by atoms with Gasteiger partial charge < -0.3 is 14.8 Å². The second-order valence-electron chi connectivity index (χ2n) is 6.11. The molecule has 3 rings (SSSR count). The van der Waals surface area contributed by atoms with E-state index in [-0.39, 0.29) is 5.60 Å². The lowest BCUT2D eigenvalue weighted by atomic mass is 9.76. The Labute approximate surface area is 126 Å². The quantitative estimate of drug-likeness (QED) is 0.920. The van der Waals surface area contributed by atoms with Gasteiger partial charge in [0.15, 0.2) is 0 Å². The van der Waals surface area contributed by atoms with E-state index in [1.807, 2.05) is 6.20 Å². The third-order valence-electron chi connectivity index (χ3n) is 4.80. The van der Waals surface area contributed by atoms with Crippen molar-refractivity contribution in [3.63, 3.8) is 0 Å². The first-order chi connectivity index (χ1) is 10.3. The molecule has 0 aromatic carbocycles. The molecule has 0 amide bonds. The number of nitrogens with one attached hydrogen (secondary N) is 1. The molecule has 2 atom stereocenters. The lowest BCUT2D eigenvalue weighted by Crippen LogP contribution is -2.47. The Kier molecular flexibility index (Phi) is 4.83. The average Bonchev–Trinajstić information content (AvgIpc) is 2.54. The smallest absolute Gasteiger partial charge is 0.0729 e. The molecule has 116 valence electrons. The second kappa shape index (κ2) is 6.81. The average molecular weight is 291 g/mol. The number of hydrogen-bond donors (Lipinski definition) is 1. The molecule has 1 spiro atoms. The van der Waals surface area contributed by atoms with E-state index in [9.17, 15) is 0 Å². The summed E-state index contributed by atoms with van der Waals surface area (Å²) in [4.78, 5) is 0. The minimum Gasteiger partial charge on any atom is -0.381 e. The fourth-order valence-electron chi connectivity index (χ4n) is 3.70. The van der Waals surface area contributed by atoms with Crippen LogP contribution in [0.4, 0.5) is 0 Å². The van der Waals surface area contributed by atoms with Gasteiger partial charge in [-0.1, -0.05) is 6.92 Å². The molecule has 2 saturated heterocycles. The minimum atomic E-state index is 0.0370. The lowest BCUT2D eigenvalue weighted by Gasteiger charge is -2.45. The second-order valence-corrected chi connectivity index (χ2v) is 6.11. The molecule has 2 fully saturated rings. The minimum absolute atomic E-state index is 0.0370. The van der Waals surface area contributed by atoms with Crippen LogP contribution in [0.3, 0.4) is 0 Å². The van der Waals surface area contributed by atoms with Crippen molar-refractivity contribution in [3.05, 3.63) is 24.0 Å². The highest BCUT2D eigenvalue weighted by Crippen LogP contribution is 2.41. The zero-order chi connectivity index (χ0) is 14.5. The van der Waals surface area contributed by atoms with Crippen LogP contribution in [0.15, 0.2) is 18.5 Å². The van der Waals surface area contributed by atoms with Crippen molar-refractivity contribution in [2.45, 2.75) is 44.2 Å². The van der Waals surface area contributed by atoms with E-state index in [2.05, 4.69) is 28.5 Å². The lowest BCUT2D eigenvalue weighted by molar-refractivity contribution is -0.150. The first-order valence-corrected chi connectivity index (χ1v) is 8.05. The summed E-state index contributed by atoms with van der Waals surface area (Å²) in [7, 11) is 0. The van der Waals surface area contributed by atoms with Gasteiger partial charge in [0, 0.05) is 32.1 Å². The summed E-state index contributed by atoms with van der Waals surface area (Å²) in [6.45, 7) is 5.63. The third-order valence-corrected chi connectivity index (χ3v) is 4.80. The first kappa shape index (κ1) is 14.9.